The first-order chi connectivity index (χ1) is 2.56. The number of carbonyl (C=O) groups is 1. The van der Waals surface area contributed by atoms with Crippen LogP contribution in [-0.2, 0) is 4.79 Å². The molecule has 0 fully saturated rings. The van der Waals surface area contributed by atoms with Gasteiger partial charge in [0.2, 0.25) is 4.46 Å². The van der Waals surface area contributed by atoms with E-state index < -0.39 is 4.46 Å². The molecule has 0 bridgehead atoms. The number of aldehydes is 1. The summed E-state index contributed by atoms with van der Waals surface area (Å²) < 4.78 is -1.69. The first kappa shape index (κ1) is 6.21. The summed E-state index contributed by atoms with van der Waals surface area (Å²) in [7, 11) is 0. The number of nitrogens with two attached hydrogens (primary N) is 1. The smallest absolute Gasteiger partial charge is 0.222 e. The van der Waals surface area contributed by atoms with Crippen LogP contribution in [0.2, 0.25) is 0 Å². The highest BCUT2D eigenvalue weighted by Gasteiger charge is 2.12. The minimum atomic E-state index is -1.69. The van der Waals surface area contributed by atoms with Gasteiger partial charge in [0.1, 0.15) is 0 Å². The number of alkyl halides is 2. The van der Waals surface area contributed by atoms with E-state index in [2.05, 4.69) is 0 Å². The molecule has 0 saturated heterocycles. The molecule has 0 aliphatic carbocycles. The maximum Gasteiger partial charge on any atom is 0.222 e. The van der Waals surface area contributed by atoms with E-state index in [1.807, 2.05) is 0 Å². The zero-order valence-corrected chi connectivity index (χ0v) is 4.33. The maximum atomic E-state index is 9.44. The van der Waals surface area contributed by atoms with Gasteiger partial charge in [-0.2, -0.15) is 0 Å². The molecule has 6 heavy (non-hydrogen) atoms. The van der Waals surface area contributed by atoms with E-state index in [1.54, 1.807) is 0 Å². The molecule has 0 spiro atoms. The monoisotopic (exact) mass is 127 g/mol. The Morgan fingerprint density at radius 3 is 1.83 bits per heavy atom. The lowest BCUT2D eigenvalue weighted by atomic mass is 10.8. The lowest BCUT2D eigenvalue weighted by Gasteiger charge is -1.97. The SMILES string of the molecule is NC(Cl)(Cl)C=O. The van der Waals surface area contributed by atoms with Crippen molar-refractivity contribution in [3.63, 3.8) is 0 Å². The van der Waals surface area contributed by atoms with Crippen LogP contribution in [0.4, 0.5) is 0 Å². The second-order valence-corrected chi connectivity index (χ2v) is 2.24. The fraction of sp³-hybridized carbons (Fsp3) is 0.500. The Kier molecular flexibility index (Phi) is 1.84. The number of hydrogen-bond acceptors (Lipinski definition) is 2. The Morgan fingerprint density at radius 2 is 1.83 bits per heavy atom. The first-order valence-corrected chi connectivity index (χ1v) is 1.95. The maximum absolute atomic E-state index is 9.44. The molecule has 0 amide bonds. The molecule has 0 aliphatic heterocycles. The van der Waals surface area contributed by atoms with Crippen molar-refractivity contribution in [2.75, 3.05) is 0 Å². The summed E-state index contributed by atoms with van der Waals surface area (Å²) in [6, 6.07) is 0. The summed E-state index contributed by atoms with van der Waals surface area (Å²) in [6.07, 6.45) is 0.246. The van der Waals surface area contributed by atoms with E-state index >= 15 is 0 Å². The van der Waals surface area contributed by atoms with Gasteiger partial charge >= 0.3 is 0 Å². The lowest BCUT2D eigenvalue weighted by Crippen LogP contribution is -2.26. The quantitative estimate of drug-likeness (QED) is 0.313. The molecule has 0 rings (SSSR count). The minimum Gasteiger partial charge on any atom is -0.298 e. The van der Waals surface area contributed by atoms with Crippen LogP contribution in [0.5, 0.6) is 0 Å². The average molecular weight is 128 g/mol. The molecule has 0 heterocycles. The van der Waals surface area contributed by atoms with Crippen molar-refractivity contribution < 1.29 is 4.79 Å². The number of hydrogen-bond donors (Lipinski definition) is 1. The molecule has 0 aromatic rings. The van der Waals surface area contributed by atoms with Crippen molar-refractivity contribution in [2.24, 2.45) is 5.73 Å². The van der Waals surface area contributed by atoms with Gasteiger partial charge in [0.05, 0.1) is 0 Å². The molecule has 0 aromatic heterocycles. The van der Waals surface area contributed by atoms with Gasteiger partial charge in [0.25, 0.3) is 0 Å². The Morgan fingerprint density at radius 1 is 1.67 bits per heavy atom. The number of rotatable bonds is 1. The first-order valence-electron chi connectivity index (χ1n) is 1.19. The Labute approximate surface area is 45.2 Å². The normalized spacial score (nSPS) is 11.2. The van der Waals surface area contributed by atoms with Crippen LogP contribution in [0.3, 0.4) is 0 Å². The van der Waals surface area contributed by atoms with E-state index in [0.29, 0.717) is 0 Å². The van der Waals surface area contributed by atoms with Gasteiger partial charge in [-0.1, -0.05) is 23.2 Å². The van der Waals surface area contributed by atoms with E-state index in [0.717, 1.165) is 0 Å². The van der Waals surface area contributed by atoms with Crippen molar-refractivity contribution in [1.29, 1.82) is 0 Å². The molecular weight excluding hydrogens is 125 g/mol. The zero-order valence-electron chi connectivity index (χ0n) is 2.82. The van der Waals surface area contributed by atoms with Crippen molar-refractivity contribution in [3.05, 3.63) is 0 Å². The van der Waals surface area contributed by atoms with Crippen LogP contribution >= 0.6 is 23.2 Å². The highest BCUT2D eigenvalue weighted by molar-refractivity contribution is 6.55. The van der Waals surface area contributed by atoms with Crippen LogP contribution in [-0.4, -0.2) is 10.7 Å². The van der Waals surface area contributed by atoms with Gasteiger partial charge in [0.15, 0.2) is 6.29 Å². The molecule has 0 radical (unpaired) electrons. The zero-order chi connectivity index (χ0) is 5.21. The second-order valence-electron chi connectivity index (χ2n) is 0.792. The van der Waals surface area contributed by atoms with Gasteiger partial charge in [-0.25, -0.2) is 0 Å². The Bertz CT molecular complexity index is 57.1. The summed E-state index contributed by atoms with van der Waals surface area (Å²) in [4.78, 5) is 9.44. The van der Waals surface area contributed by atoms with Crippen molar-refractivity contribution in [2.45, 2.75) is 4.46 Å². The summed E-state index contributed by atoms with van der Waals surface area (Å²) in [6.45, 7) is 0. The van der Waals surface area contributed by atoms with Crippen molar-refractivity contribution in [1.82, 2.24) is 0 Å². The molecule has 4 heteroatoms. The summed E-state index contributed by atoms with van der Waals surface area (Å²) in [5.74, 6) is 0. The van der Waals surface area contributed by atoms with Gasteiger partial charge in [-0.3, -0.25) is 10.5 Å². The molecule has 0 aromatic carbocycles. The molecule has 36 valence electrons. The predicted molar refractivity (Wildman–Crippen MR) is 24.7 cm³/mol. The van der Waals surface area contributed by atoms with Gasteiger partial charge in [0, 0.05) is 0 Å². The third kappa shape index (κ3) is 4.21. The summed E-state index contributed by atoms with van der Waals surface area (Å²) in [5.41, 5.74) is 4.70. The van der Waals surface area contributed by atoms with E-state index in [4.69, 9.17) is 28.9 Å². The third-order valence-electron chi connectivity index (χ3n) is 0.157. The van der Waals surface area contributed by atoms with Gasteiger partial charge in [-0.15, -0.1) is 0 Å². The average Bonchev–Trinajstić information content (AvgIpc) is 1.35. The fourth-order valence-electron chi connectivity index (χ4n) is 0. The van der Waals surface area contributed by atoms with E-state index in [1.165, 1.54) is 0 Å². The van der Waals surface area contributed by atoms with Gasteiger partial charge in [-0.05, 0) is 0 Å². The standard InChI is InChI=1S/C2H3Cl2NO/c3-2(4,5)1-6/h1H,5H2. The molecule has 0 saturated carbocycles. The lowest BCUT2D eigenvalue weighted by molar-refractivity contribution is -0.108. The van der Waals surface area contributed by atoms with Crippen LogP contribution < -0.4 is 5.73 Å². The van der Waals surface area contributed by atoms with E-state index in [9.17, 15) is 4.79 Å². The molecular formula is C2H3Cl2NO. The van der Waals surface area contributed by atoms with Crippen LogP contribution in [0, 0.1) is 0 Å². The molecule has 0 aliphatic rings. The molecule has 0 atom stereocenters. The highest BCUT2D eigenvalue weighted by Crippen LogP contribution is 2.06. The van der Waals surface area contributed by atoms with Crippen molar-refractivity contribution >= 4 is 29.5 Å². The minimum absolute atomic E-state index is 0.246. The Hall–Kier alpha value is 0.210. The van der Waals surface area contributed by atoms with Crippen molar-refractivity contribution in [3.8, 4) is 0 Å². The number of halogens is 2. The summed E-state index contributed by atoms with van der Waals surface area (Å²) in [5, 5.41) is 0. The Balaban J connectivity index is 3.45. The highest BCUT2D eigenvalue weighted by atomic mass is 35.5. The molecule has 2 nitrogen and oxygen atoms in total. The third-order valence-corrected chi connectivity index (χ3v) is 0.335. The van der Waals surface area contributed by atoms with Crippen LogP contribution in [0.25, 0.3) is 0 Å². The second kappa shape index (κ2) is 1.78. The number of carbonyl (C=O) groups excluding carboxylic acids is 1. The van der Waals surface area contributed by atoms with E-state index in [-0.39, 0.29) is 6.29 Å². The predicted octanol–water partition coefficient (Wildman–Crippen LogP) is 0.275. The fourth-order valence-corrected chi connectivity index (χ4v) is 0. The molecule has 0 unspecified atom stereocenters. The summed E-state index contributed by atoms with van der Waals surface area (Å²) >= 11 is 9.79. The van der Waals surface area contributed by atoms with Gasteiger partial charge < -0.3 is 0 Å². The topological polar surface area (TPSA) is 43.1 Å². The van der Waals surface area contributed by atoms with Crippen LogP contribution in [0.1, 0.15) is 0 Å². The largest absolute Gasteiger partial charge is 0.298 e. The molecule has 2 N–H and O–H groups in total. The van der Waals surface area contributed by atoms with Crippen LogP contribution in [0.15, 0.2) is 0 Å².